The maximum atomic E-state index is 4.52. The summed E-state index contributed by atoms with van der Waals surface area (Å²) in [5, 5.41) is 0. The lowest BCUT2D eigenvalue weighted by Crippen LogP contribution is -2.36. The highest BCUT2D eigenvalue weighted by atomic mass is 79.9. The minimum absolute atomic E-state index is 0.659. The molecule has 2 unspecified atom stereocenters. The van der Waals surface area contributed by atoms with Crippen molar-refractivity contribution in [2.75, 3.05) is 11.9 Å². The number of nitrogens with zero attached hydrogens (tertiary/aromatic N) is 2. The van der Waals surface area contributed by atoms with E-state index in [2.05, 4.69) is 52.8 Å². The third-order valence-electron chi connectivity index (χ3n) is 3.85. The van der Waals surface area contributed by atoms with E-state index in [1.807, 2.05) is 6.20 Å². The predicted octanol–water partition coefficient (Wildman–Crippen LogP) is 4.17. The Balaban J connectivity index is 2.12. The Morgan fingerprint density at radius 1 is 1.41 bits per heavy atom. The third-order valence-corrected chi connectivity index (χ3v) is 4.68. The highest BCUT2D eigenvalue weighted by Crippen LogP contribution is 2.29. The molecule has 2 rings (SSSR count). The summed E-state index contributed by atoms with van der Waals surface area (Å²) in [5.74, 6) is 1.96. The zero-order valence-electron chi connectivity index (χ0n) is 10.9. The van der Waals surface area contributed by atoms with Crippen LogP contribution in [0.3, 0.4) is 0 Å². The molecule has 0 radical (unpaired) electrons. The van der Waals surface area contributed by atoms with Crippen molar-refractivity contribution in [2.24, 2.45) is 5.92 Å². The Labute approximate surface area is 113 Å². The monoisotopic (exact) mass is 296 g/mol. The molecule has 94 valence electrons. The summed E-state index contributed by atoms with van der Waals surface area (Å²) in [4.78, 5) is 6.87. The second kappa shape index (κ2) is 5.38. The van der Waals surface area contributed by atoms with Crippen molar-refractivity contribution in [3.63, 3.8) is 0 Å². The fourth-order valence-corrected chi connectivity index (χ4v) is 2.88. The average Bonchev–Trinajstić information content (AvgIpc) is 2.32. The molecule has 0 amide bonds. The van der Waals surface area contributed by atoms with Gasteiger partial charge in [-0.2, -0.15) is 0 Å². The zero-order valence-corrected chi connectivity index (χ0v) is 12.5. The second-order valence-electron chi connectivity index (χ2n) is 5.33. The van der Waals surface area contributed by atoms with Gasteiger partial charge in [-0.3, -0.25) is 0 Å². The maximum Gasteiger partial charge on any atom is 0.128 e. The quantitative estimate of drug-likeness (QED) is 0.814. The molecule has 17 heavy (non-hydrogen) atoms. The molecule has 1 aliphatic carbocycles. The first-order chi connectivity index (χ1) is 8.08. The molecule has 1 aliphatic rings. The number of halogens is 1. The zero-order chi connectivity index (χ0) is 12.4. The van der Waals surface area contributed by atoms with Crippen LogP contribution in [-0.2, 0) is 0 Å². The van der Waals surface area contributed by atoms with Gasteiger partial charge < -0.3 is 4.90 Å². The Morgan fingerprint density at radius 2 is 2.18 bits per heavy atom. The van der Waals surface area contributed by atoms with Gasteiger partial charge in [0.2, 0.25) is 0 Å². The summed E-state index contributed by atoms with van der Waals surface area (Å²) < 4.78 is 1.09. The Hall–Kier alpha value is -0.570. The number of aromatic nitrogens is 1. The van der Waals surface area contributed by atoms with Crippen LogP contribution in [0.1, 0.15) is 38.2 Å². The SMILES string of the molecule is Cc1cc(N(C)C2CCCC(C)C2)ncc1Br. The van der Waals surface area contributed by atoms with Crippen LogP contribution in [0.25, 0.3) is 0 Å². The van der Waals surface area contributed by atoms with Gasteiger partial charge >= 0.3 is 0 Å². The summed E-state index contributed by atoms with van der Waals surface area (Å²) in [7, 11) is 2.18. The van der Waals surface area contributed by atoms with E-state index in [1.165, 1.54) is 31.2 Å². The van der Waals surface area contributed by atoms with Crippen LogP contribution in [0.5, 0.6) is 0 Å². The van der Waals surface area contributed by atoms with Gasteiger partial charge in [0.1, 0.15) is 5.82 Å². The first kappa shape index (κ1) is 12.9. The maximum absolute atomic E-state index is 4.52. The molecule has 1 heterocycles. The molecule has 0 bridgehead atoms. The highest BCUT2D eigenvalue weighted by Gasteiger charge is 2.23. The van der Waals surface area contributed by atoms with Crippen LogP contribution < -0.4 is 4.90 Å². The topological polar surface area (TPSA) is 16.1 Å². The van der Waals surface area contributed by atoms with Gasteiger partial charge in [0.15, 0.2) is 0 Å². The molecule has 1 aromatic rings. The van der Waals surface area contributed by atoms with Crippen LogP contribution in [0.4, 0.5) is 5.82 Å². The minimum Gasteiger partial charge on any atom is -0.357 e. The number of rotatable bonds is 2. The fourth-order valence-electron chi connectivity index (χ4n) is 2.66. The van der Waals surface area contributed by atoms with Gasteiger partial charge in [0.05, 0.1) is 0 Å². The van der Waals surface area contributed by atoms with E-state index in [1.54, 1.807) is 0 Å². The molecule has 0 aliphatic heterocycles. The molecule has 1 saturated carbocycles. The van der Waals surface area contributed by atoms with E-state index >= 15 is 0 Å². The standard InChI is InChI=1S/C14H21BrN2/c1-10-5-4-6-12(7-10)17(3)14-8-11(2)13(15)9-16-14/h8-10,12H,4-7H2,1-3H3. The van der Waals surface area contributed by atoms with E-state index in [4.69, 9.17) is 0 Å². The molecular weight excluding hydrogens is 276 g/mol. The first-order valence-corrected chi connectivity index (χ1v) is 7.22. The summed E-state index contributed by atoms with van der Waals surface area (Å²) in [5.41, 5.74) is 1.26. The van der Waals surface area contributed by atoms with Gasteiger partial charge in [-0.25, -0.2) is 4.98 Å². The lowest BCUT2D eigenvalue weighted by Gasteiger charge is -2.35. The number of pyridine rings is 1. The average molecular weight is 297 g/mol. The molecule has 2 atom stereocenters. The van der Waals surface area contributed by atoms with Crippen molar-refractivity contribution in [3.05, 3.63) is 22.3 Å². The van der Waals surface area contributed by atoms with E-state index in [9.17, 15) is 0 Å². The van der Waals surface area contributed by atoms with Crippen molar-refractivity contribution in [1.29, 1.82) is 0 Å². The van der Waals surface area contributed by atoms with Crippen LogP contribution in [0, 0.1) is 12.8 Å². The molecule has 0 saturated heterocycles. The molecular formula is C14H21BrN2. The van der Waals surface area contributed by atoms with Crippen molar-refractivity contribution in [1.82, 2.24) is 4.98 Å². The first-order valence-electron chi connectivity index (χ1n) is 6.43. The van der Waals surface area contributed by atoms with Crippen LogP contribution in [0.15, 0.2) is 16.7 Å². The van der Waals surface area contributed by atoms with Gasteiger partial charge in [-0.05, 0) is 53.2 Å². The van der Waals surface area contributed by atoms with E-state index in [-0.39, 0.29) is 0 Å². The number of hydrogen-bond acceptors (Lipinski definition) is 2. The second-order valence-corrected chi connectivity index (χ2v) is 6.18. The van der Waals surface area contributed by atoms with E-state index in [0.717, 1.165) is 16.2 Å². The number of anilines is 1. The summed E-state index contributed by atoms with van der Waals surface area (Å²) in [6.45, 7) is 4.48. The molecule has 1 fully saturated rings. The van der Waals surface area contributed by atoms with E-state index in [0.29, 0.717) is 6.04 Å². The lowest BCUT2D eigenvalue weighted by molar-refractivity contribution is 0.335. The molecule has 1 aromatic heterocycles. The van der Waals surface area contributed by atoms with Crippen molar-refractivity contribution >= 4 is 21.7 Å². The lowest BCUT2D eigenvalue weighted by atomic mass is 9.86. The summed E-state index contributed by atoms with van der Waals surface area (Å²) >= 11 is 3.50. The largest absolute Gasteiger partial charge is 0.357 e. The minimum atomic E-state index is 0.659. The van der Waals surface area contributed by atoms with Gasteiger partial charge in [0, 0.05) is 23.8 Å². The highest BCUT2D eigenvalue weighted by molar-refractivity contribution is 9.10. The third kappa shape index (κ3) is 3.01. The molecule has 3 heteroatoms. The Morgan fingerprint density at radius 3 is 2.82 bits per heavy atom. The van der Waals surface area contributed by atoms with Crippen LogP contribution in [0.2, 0.25) is 0 Å². The van der Waals surface area contributed by atoms with Crippen molar-refractivity contribution < 1.29 is 0 Å². The van der Waals surface area contributed by atoms with E-state index < -0.39 is 0 Å². The fraction of sp³-hybridized carbons (Fsp3) is 0.643. The summed E-state index contributed by atoms with van der Waals surface area (Å²) in [6, 6.07) is 2.83. The van der Waals surface area contributed by atoms with Gasteiger partial charge in [0.25, 0.3) is 0 Å². The van der Waals surface area contributed by atoms with Crippen LogP contribution in [-0.4, -0.2) is 18.1 Å². The normalized spacial score (nSPS) is 24.7. The molecule has 2 nitrogen and oxygen atoms in total. The Kier molecular flexibility index (Phi) is 4.08. The predicted molar refractivity (Wildman–Crippen MR) is 76.5 cm³/mol. The van der Waals surface area contributed by atoms with Crippen molar-refractivity contribution in [3.8, 4) is 0 Å². The van der Waals surface area contributed by atoms with Gasteiger partial charge in [-0.15, -0.1) is 0 Å². The molecule has 0 aromatic carbocycles. The summed E-state index contributed by atoms with van der Waals surface area (Å²) in [6.07, 6.45) is 7.25. The molecule has 0 N–H and O–H groups in total. The van der Waals surface area contributed by atoms with Crippen molar-refractivity contribution in [2.45, 2.75) is 45.6 Å². The smallest absolute Gasteiger partial charge is 0.128 e. The molecule has 0 spiro atoms. The number of hydrogen-bond donors (Lipinski definition) is 0. The number of aryl methyl sites for hydroxylation is 1. The Bertz CT molecular complexity index is 392. The van der Waals surface area contributed by atoms with Crippen LogP contribution >= 0.6 is 15.9 Å². The van der Waals surface area contributed by atoms with Gasteiger partial charge in [-0.1, -0.05) is 19.8 Å².